The molecular formula is C31H53N5O9. The second kappa shape index (κ2) is 18.3. The molecule has 1 aliphatic heterocycles. The van der Waals surface area contributed by atoms with E-state index in [1.165, 1.54) is 0 Å². The lowest BCUT2D eigenvalue weighted by Crippen LogP contribution is -2.55. The molecule has 0 aromatic rings. The number of amides is 5. The van der Waals surface area contributed by atoms with Crippen LogP contribution in [0.3, 0.4) is 0 Å². The fraction of sp³-hybridized carbons (Fsp3) is 0.774. The molecule has 1 rings (SSSR count). The van der Waals surface area contributed by atoms with Gasteiger partial charge in [-0.25, -0.2) is 9.59 Å². The summed E-state index contributed by atoms with van der Waals surface area (Å²) in [5.41, 5.74) is -0.768. The van der Waals surface area contributed by atoms with Crippen molar-refractivity contribution < 1.29 is 43.8 Å². The fourth-order valence-corrected chi connectivity index (χ4v) is 5.19. The van der Waals surface area contributed by atoms with Gasteiger partial charge in [-0.1, -0.05) is 48.5 Å². The van der Waals surface area contributed by atoms with Crippen molar-refractivity contribution >= 4 is 41.5 Å². The van der Waals surface area contributed by atoms with Crippen LogP contribution in [0.1, 0.15) is 99.8 Å². The summed E-state index contributed by atoms with van der Waals surface area (Å²) in [5.74, 6) is -6.92. The van der Waals surface area contributed by atoms with Crippen LogP contribution in [0.15, 0.2) is 0 Å². The van der Waals surface area contributed by atoms with Gasteiger partial charge in [0.05, 0.1) is 18.4 Å². The van der Waals surface area contributed by atoms with Crippen molar-refractivity contribution in [3.8, 4) is 0 Å². The molecule has 0 aliphatic carbocycles. The molecule has 0 aromatic heterocycles. The number of carboxylic acids is 2. The van der Waals surface area contributed by atoms with E-state index in [0.717, 1.165) is 12.8 Å². The molecule has 0 aromatic carbocycles. The number of carboxylic acid groups (broad SMARTS) is 2. The van der Waals surface area contributed by atoms with E-state index < -0.39 is 77.9 Å². The van der Waals surface area contributed by atoms with Crippen molar-refractivity contribution in [2.24, 2.45) is 17.3 Å². The molecule has 0 spiro atoms. The van der Waals surface area contributed by atoms with Gasteiger partial charge < -0.3 is 36.4 Å². The SMILES string of the molecule is CCC(CC)NC(=O)NC(C(=O)CC(CC(=O)N1CCCC1)C(=O)NC(CC(=O)O)C(=O)NC(CC(C)C)C(=O)O)C(C)(C)C. The van der Waals surface area contributed by atoms with Gasteiger partial charge in [-0.2, -0.15) is 0 Å². The number of likely N-dealkylation sites (tertiary alicyclic amines) is 1. The summed E-state index contributed by atoms with van der Waals surface area (Å²) in [6.45, 7) is 13.6. The molecule has 14 nitrogen and oxygen atoms in total. The van der Waals surface area contributed by atoms with E-state index in [9.17, 15) is 43.8 Å². The minimum absolute atomic E-state index is 0.0717. The summed E-state index contributed by atoms with van der Waals surface area (Å²) < 4.78 is 0. The summed E-state index contributed by atoms with van der Waals surface area (Å²) in [6.07, 6.45) is 1.35. The fourth-order valence-electron chi connectivity index (χ4n) is 5.19. The van der Waals surface area contributed by atoms with E-state index in [4.69, 9.17) is 0 Å². The number of rotatable bonds is 18. The quantitative estimate of drug-likeness (QED) is 0.129. The van der Waals surface area contributed by atoms with Crippen LogP contribution in [0.25, 0.3) is 0 Å². The Morgan fingerprint density at radius 3 is 1.78 bits per heavy atom. The van der Waals surface area contributed by atoms with Crippen LogP contribution in [-0.4, -0.2) is 93.8 Å². The third-order valence-corrected chi connectivity index (χ3v) is 7.82. The molecular weight excluding hydrogens is 586 g/mol. The first kappa shape index (κ1) is 39.3. The Hall–Kier alpha value is -3.71. The Bertz CT molecular complexity index is 1060. The van der Waals surface area contributed by atoms with Crippen molar-refractivity contribution in [3.63, 3.8) is 0 Å². The number of urea groups is 1. The minimum atomic E-state index is -1.66. The van der Waals surface area contributed by atoms with Crippen LogP contribution in [0.5, 0.6) is 0 Å². The summed E-state index contributed by atoms with van der Waals surface area (Å²) in [7, 11) is 0. The van der Waals surface area contributed by atoms with E-state index in [1.54, 1.807) is 39.5 Å². The lowest BCUT2D eigenvalue weighted by molar-refractivity contribution is -0.144. The number of carbonyl (C=O) groups excluding carboxylic acids is 5. The zero-order valence-electron chi connectivity index (χ0n) is 27.7. The van der Waals surface area contributed by atoms with Crippen molar-refractivity contribution in [2.75, 3.05) is 13.1 Å². The lowest BCUT2D eigenvalue weighted by Gasteiger charge is -2.32. The minimum Gasteiger partial charge on any atom is -0.481 e. The Kier molecular flexibility index (Phi) is 16.0. The van der Waals surface area contributed by atoms with E-state index in [1.807, 2.05) is 13.8 Å². The Labute approximate surface area is 265 Å². The van der Waals surface area contributed by atoms with Crippen LogP contribution in [0, 0.1) is 17.3 Å². The predicted octanol–water partition coefficient (Wildman–Crippen LogP) is 2.05. The number of Topliss-reactive ketones (excluding diaryl/α,β-unsaturated/α-hetero) is 1. The molecule has 1 fully saturated rings. The van der Waals surface area contributed by atoms with E-state index in [2.05, 4.69) is 21.3 Å². The average molecular weight is 640 g/mol. The number of ketones is 1. The summed E-state index contributed by atoms with van der Waals surface area (Å²) in [4.78, 5) is 91.1. The van der Waals surface area contributed by atoms with Gasteiger partial charge in [-0.15, -0.1) is 0 Å². The molecule has 1 heterocycles. The largest absolute Gasteiger partial charge is 0.481 e. The van der Waals surface area contributed by atoms with Gasteiger partial charge >= 0.3 is 18.0 Å². The molecule has 0 bridgehead atoms. The molecule has 45 heavy (non-hydrogen) atoms. The maximum Gasteiger partial charge on any atom is 0.326 e. The van der Waals surface area contributed by atoms with Crippen LogP contribution < -0.4 is 21.3 Å². The second-order valence-electron chi connectivity index (χ2n) is 13.3. The Morgan fingerprint density at radius 1 is 0.756 bits per heavy atom. The Balaban J connectivity index is 3.29. The molecule has 5 amide bonds. The van der Waals surface area contributed by atoms with Gasteiger partial charge in [0.25, 0.3) is 0 Å². The molecule has 1 saturated heterocycles. The third-order valence-electron chi connectivity index (χ3n) is 7.82. The van der Waals surface area contributed by atoms with Gasteiger partial charge in [-0.05, 0) is 43.4 Å². The molecule has 14 heteroatoms. The maximum atomic E-state index is 13.7. The maximum absolute atomic E-state index is 13.7. The summed E-state index contributed by atoms with van der Waals surface area (Å²) in [6, 6.07) is -4.65. The zero-order valence-corrected chi connectivity index (χ0v) is 27.7. The first-order valence-corrected chi connectivity index (χ1v) is 15.8. The highest BCUT2D eigenvalue weighted by Gasteiger charge is 2.38. The van der Waals surface area contributed by atoms with Crippen LogP contribution >= 0.6 is 0 Å². The van der Waals surface area contributed by atoms with E-state index in [-0.39, 0.29) is 30.7 Å². The van der Waals surface area contributed by atoms with E-state index in [0.29, 0.717) is 25.9 Å². The van der Waals surface area contributed by atoms with E-state index >= 15 is 0 Å². The van der Waals surface area contributed by atoms with Crippen molar-refractivity contribution in [1.82, 2.24) is 26.2 Å². The number of aliphatic carboxylic acids is 2. The van der Waals surface area contributed by atoms with Gasteiger partial charge in [0, 0.05) is 32.0 Å². The van der Waals surface area contributed by atoms with Crippen molar-refractivity contribution in [1.29, 1.82) is 0 Å². The van der Waals surface area contributed by atoms with Crippen LogP contribution in [0.4, 0.5) is 4.79 Å². The molecule has 0 saturated carbocycles. The first-order chi connectivity index (χ1) is 20.9. The number of hydrogen-bond acceptors (Lipinski definition) is 7. The second-order valence-corrected chi connectivity index (χ2v) is 13.3. The van der Waals surface area contributed by atoms with Gasteiger partial charge in [0.1, 0.15) is 12.1 Å². The zero-order chi connectivity index (χ0) is 34.5. The molecule has 4 unspecified atom stereocenters. The standard InChI is InChI=1S/C31H53N5O9/c1-8-20(9-2)32-30(45)35-26(31(5,6)7)23(37)15-19(16-24(38)36-12-10-11-13-36)27(41)33-21(17-25(39)40)28(42)34-22(29(43)44)14-18(3)4/h18-22,26H,8-17H2,1-7H3,(H,33,41)(H,34,42)(H,39,40)(H,43,44)(H2,32,35,45). The van der Waals surface area contributed by atoms with Gasteiger partial charge in [0.15, 0.2) is 5.78 Å². The number of carbonyl (C=O) groups is 7. The first-order valence-electron chi connectivity index (χ1n) is 15.8. The molecule has 4 atom stereocenters. The number of nitrogens with one attached hydrogen (secondary N) is 4. The Morgan fingerprint density at radius 2 is 1.31 bits per heavy atom. The normalized spacial score (nSPS) is 16.0. The summed E-state index contributed by atoms with van der Waals surface area (Å²) in [5, 5.41) is 29.2. The summed E-state index contributed by atoms with van der Waals surface area (Å²) >= 11 is 0. The molecule has 256 valence electrons. The lowest BCUT2D eigenvalue weighted by atomic mass is 9.81. The highest BCUT2D eigenvalue weighted by atomic mass is 16.4. The smallest absolute Gasteiger partial charge is 0.326 e. The monoisotopic (exact) mass is 639 g/mol. The molecule has 6 N–H and O–H groups in total. The number of hydrogen-bond donors (Lipinski definition) is 6. The average Bonchev–Trinajstić information content (AvgIpc) is 3.47. The number of nitrogens with zero attached hydrogens (tertiary/aromatic N) is 1. The van der Waals surface area contributed by atoms with Crippen molar-refractivity contribution in [2.45, 2.75) is 124 Å². The van der Waals surface area contributed by atoms with Crippen LogP contribution in [-0.2, 0) is 28.8 Å². The van der Waals surface area contributed by atoms with Gasteiger partial charge in [-0.3, -0.25) is 24.0 Å². The van der Waals surface area contributed by atoms with Gasteiger partial charge in [0.2, 0.25) is 17.7 Å². The highest BCUT2D eigenvalue weighted by molar-refractivity contribution is 5.97. The topological polar surface area (TPSA) is 211 Å². The van der Waals surface area contributed by atoms with Crippen molar-refractivity contribution in [3.05, 3.63) is 0 Å². The molecule has 0 radical (unpaired) electrons. The highest BCUT2D eigenvalue weighted by Crippen LogP contribution is 2.25. The van der Waals surface area contributed by atoms with Crippen LogP contribution in [0.2, 0.25) is 0 Å². The molecule has 1 aliphatic rings. The predicted molar refractivity (Wildman–Crippen MR) is 166 cm³/mol. The third kappa shape index (κ3) is 13.9.